The number of hydrogen-bond donors (Lipinski definition) is 2. The van der Waals surface area contributed by atoms with Crippen LogP contribution in [-0.2, 0) is 17.9 Å². The van der Waals surface area contributed by atoms with Crippen LogP contribution in [0.1, 0.15) is 18.2 Å². The number of thiazole rings is 1. The molecule has 0 saturated carbocycles. The lowest BCUT2D eigenvalue weighted by Crippen LogP contribution is -2.13. The molecule has 0 bridgehead atoms. The highest BCUT2D eigenvalue weighted by Crippen LogP contribution is 2.09. The molecule has 2 aromatic rings. The molecule has 1 heterocycles. The van der Waals surface area contributed by atoms with Gasteiger partial charge < -0.3 is 10.6 Å². The molecule has 5 heteroatoms. The van der Waals surface area contributed by atoms with Crippen LogP contribution in [-0.4, -0.2) is 10.9 Å². The zero-order valence-electron chi connectivity index (χ0n) is 10.1. The highest BCUT2D eigenvalue weighted by Gasteiger charge is 1.97. The van der Waals surface area contributed by atoms with Crippen LogP contribution in [0.25, 0.3) is 0 Å². The van der Waals surface area contributed by atoms with Crippen LogP contribution < -0.4 is 10.6 Å². The topological polar surface area (TPSA) is 54.0 Å². The Bertz CT molecular complexity index is 493. The minimum absolute atomic E-state index is 0.0515. The fraction of sp³-hybridized carbons (Fsp3) is 0.231. The second kappa shape index (κ2) is 6.28. The van der Waals surface area contributed by atoms with Crippen molar-refractivity contribution in [1.29, 1.82) is 0 Å². The van der Waals surface area contributed by atoms with Crippen LogP contribution in [0.15, 0.2) is 35.2 Å². The number of carbonyl (C=O) groups excluding carboxylic acids is 1. The third-order valence-corrected chi connectivity index (χ3v) is 3.03. The Morgan fingerprint density at radius 2 is 2.06 bits per heavy atom. The average molecular weight is 261 g/mol. The molecule has 0 atom stereocenters. The molecule has 0 aliphatic carbocycles. The summed E-state index contributed by atoms with van der Waals surface area (Å²) in [6, 6.07) is 7.81. The molecule has 4 nitrogen and oxygen atoms in total. The number of benzene rings is 1. The first-order valence-electron chi connectivity index (χ1n) is 5.68. The monoisotopic (exact) mass is 261 g/mol. The Morgan fingerprint density at radius 3 is 2.67 bits per heavy atom. The number of carbonyl (C=O) groups is 1. The van der Waals surface area contributed by atoms with E-state index in [0.29, 0.717) is 0 Å². The fourth-order valence-electron chi connectivity index (χ4n) is 1.57. The number of aromatic nitrogens is 1. The van der Waals surface area contributed by atoms with Crippen molar-refractivity contribution in [2.45, 2.75) is 20.0 Å². The molecule has 0 aliphatic rings. The van der Waals surface area contributed by atoms with Gasteiger partial charge in [0.25, 0.3) is 0 Å². The molecule has 2 N–H and O–H groups in total. The molecule has 0 aliphatic heterocycles. The van der Waals surface area contributed by atoms with Crippen molar-refractivity contribution in [3.05, 3.63) is 46.4 Å². The number of hydrogen-bond acceptors (Lipinski definition) is 4. The van der Waals surface area contributed by atoms with E-state index in [1.807, 2.05) is 35.2 Å². The molecule has 2 rings (SSSR count). The van der Waals surface area contributed by atoms with E-state index in [2.05, 4.69) is 15.6 Å². The van der Waals surface area contributed by atoms with Crippen molar-refractivity contribution in [2.75, 3.05) is 5.32 Å². The summed E-state index contributed by atoms with van der Waals surface area (Å²) in [6.07, 6.45) is 0. The Kier molecular flexibility index (Phi) is 4.44. The number of anilines is 1. The van der Waals surface area contributed by atoms with E-state index < -0.39 is 0 Å². The maximum absolute atomic E-state index is 10.9. The fourth-order valence-corrected chi connectivity index (χ4v) is 2.13. The van der Waals surface area contributed by atoms with Crippen LogP contribution in [0.5, 0.6) is 0 Å². The Morgan fingerprint density at radius 1 is 1.28 bits per heavy atom. The largest absolute Gasteiger partial charge is 0.326 e. The summed E-state index contributed by atoms with van der Waals surface area (Å²) in [5.41, 5.74) is 4.90. The van der Waals surface area contributed by atoms with Gasteiger partial charge in [-0.1, -0.05) is 12.1 Å². The van der Waals surface area contributed by atoms with Crippen molar-refractivity contribution in [2.24, 2.45) is 0 Å². The van der Waals surface area contributed by atoms with Crippen LogP contribution in [0.2, 0.25) is 0 Å². The van der Waals surface area contributed by atoms with Crippen molar-refractivity contribution < 1.29 is 4.79 Å². The minimum Gasteiger partial charge on any atom is -0.326 e. The number of nitrogens with zero attached hydrogens (tertiary/aromatic N) is 1. The molecule has 0 fully saturated rings. The van der Waals surface area contributed by atoms with Gasteiger partial charge >= 0.3 is 0 Å². The molecule has 18 heavy (non-hydrogen) atoms. The molecular weight excluding hydrogens is 246 g/mol. The second-order valence-corrected chi connectivity index (χ2v) is 4.68. The molecule has 94 valence electrons. The van der Waals surface area contributed by atoms with Crippen molar-refractivity contribution in [3.63, 3.8) is 0 Å². The summed E-state index contributed by atoms with van der Waals surface area (Å²) >= 11 is 1.60. The Hall–Kier alpha value is -1.72. The van der Waals surface area contributed by atoms with Crippen LogP contribution in [0.4, 0.5) is 5.69 Å². The van der Waals surface area contributed by atoms with E-state index in [1.54, 1.807) is 11.3 Å². The van der Waals surface area contributed by atoms with Gasteiger partial charge in [-0.25, -0.2) is 4.98 Å². The molecule has 0 unspecified atom stereocenters. The standard InChI is InChI=1S/C13H15N3OS/c1-10(17)16-12-4-2-11(3-5-12)6-14-7-13-8-18-9-15-13/h2-5,8-9,14H,6-7H2,1H3,(H,16,17). The van der Waals surface area contributed by atoms with Gasteiger partial charge in [-0.2, -0.15) is 0 Å². The average Bonchev–Trinajstić information content (AvgIpc) is 2.84. The van der Waals surface area contributed by atoms with Crippen molar-refractivity contribution in [3.8, 4) is 0 Å². The summed E-state index contributed by atoms with van der Waals surface area (Å²) in [4.78, 5) is 15.1. The maximum atomic E-state index is 10.9. The number of rotatable bonds is 5. The highest BCUT2D eigenvalue weighted by molar-refractivity contribution is 7.07. The third-order valence-electron chi connectivity index (χ3n) is 2.39. The summed E-state index contributed by atoms with van der Waals surface area (Å²) in [5.74, 6) is -0.0515. The normalized spacial score (nSPS) is 10.3. The predicted octanol–water partition coefficient (Wildman–Crippen LogP) is 2.39. The van der Waals surface area contributed by atoms with E-state index in [-0.39, 0.29) is 5.91 Å². The van der Waals surface area contributed by atoms with E-state index >= 15 is 0 Å². The van der Waals surface area contributed by atoms with Gasteiger partial charge in [-0.15, -0.1) is 11.3 Å². The Labute approximate surface area is 110 Å². The zero-order chi connectivity index (χ0) is 12.8. The van der Waals surface area contributed by atoms with Crippen molar-refractivity contribution in [1.82, 2.24) is 10.3 Å². The minimum atomic E-state index is -0.0515. The predicted molar refractivity (Wildman–Crippen MR) is 73.4 cm³/mol. The molecule has 0 saturated heterocycles. The quantitative estimate of drug-likeness (QED) is 0.869. The molecule has 1 aromatic heterocycles. The first-order valence-corrected chi connectivity index (χ1v) is 6.62. The Balaban J connectivity index is 1.81. The lowest BCUT2D eigenvalue weighted by atomic mass is 10.2. The lowest BCUT2D eigenvalue weighted by Gasteiger charge is -2.05. The summed E-state index contributed by atoms with van der Waals surface area (Å²) in [6.45, 7) is 3.07. The zero-order valence-corrected chi connectivity index (χ0v) is 11.0. The van der Waals surface area contributed by atoms with E-state index in [9.17, 15) is 4.79 Å². The van der Waals surface area contributed by atoms with Crippen LogP contribution in [0.3, 0.4) is 0 Å². The number of amides is 1. The van der Waals surface area contributed by atoms with Gasteiger partial charge in [-0.3, -0.25) is 4.79 Å². The molecule has 1 aromatic carbocycles. The third kappa shape index (κ3) is 3.94. The maximum Gasteiger partial charge on any atom is 0.221 e. The smallest absolute Gasteiger partial charge is 0.221 e. The van der Waals surface area contributed by atoms with Gasteiger partial charge in [0.05, 0.1) is 11.2 Å². The summed E-state index contributed by atoms with van der Waals surface area (Å²) < 4.78 is 0. The van der Waals surface area contributed by atoms with E-state index in [1.165, 1.54) is 12.5 Å². The van der Waals surface area contributed by atoms with Gasteiger partial charge in [0, 0.05) is 31.1 Å². The van der Waals surface area contributed by atoms with Crippen molar-refractivity contribution >= 4 is 22.9 Å². The molecule has 0 spiro atoms. The van der Waals surface area contributed by atoms with Gasteiger partial charge in [-0.05, 0) is 17.7 Å². The van der Waals surface area contributed by atoms with E-state index in [4.69, 9.17) is 0 Å². The van der Waals surface area contributed by atoms with Gasteiger partial charge in [0.1, 0.15) is 0 Å². The molecule has 0 radical (unpaired) electrons. The summed E-state index contributed by atoms with van der Waals surface area (Å²) in [7, 11) is 0. The summed E-state index contributed by atoms with van der Waals surface area (Å²) in [5, 5.41) is 8.10. The second-order valence-electron chi connectivity index (χ2n) is 3.96. The van der Waals surface area contributed by atoms with Crippen LogP contribution in [0, 0.1) is 0 Å². The molecular formula is C13H15N3OS. The van der Waals surface area contributed by atoms with E-state index in [0.717, 1.165) is 24.5 Å². The SMILES string of the molecule is CC(=O)Nc1ccc(CNCc2cscn2)cc1. The number of nitrogens with one attached hydrogen (secondary N) is 2. The lowest BCUT2D eigenvalue weighted by molar-refractivity contribution is -0.114. The first-order chi connectivity index (χ1) is 8.74. The highest BCUT2D eigenvalue weighted by atomic mass is 32.1. The first kappa shape index (κ1) is 12.7. The molecule has 1 amide bonds. The van der Waals surface area contributed by atoms with Crippen LogP contribution >= 0.6 is 11.3 Å². The van der Waals surface area contributed by atoms with Gasteiger partial charge in [0.15, 0.2) is 0 Å². The van der Waals surface area contributed by atoms with Gasteiger partial charge in [0.2, 0.25) is 5.91 Å².